The van der Waals surface area contributed by atoms with E-state index in [-0.39, 0.29) is 24.7 Å². The second-order valence-corrected chi connectivity index (χ2v) is 1.46. The molecule has 0 N–H and O–H groups in total. The standard InChI is InChI=1S/C4H4N2O2/c5-6-3-1-8-2-4(3)7/h1-2H2. The zero-order valence-corrected chi connectivity index (χ0v) is 4.13. The predicted molar refractivity (Wildman–Crippen MR) is 24.5 cm³/mol. The third-order valence-corrected chi connectivity index (χ3v) is 0.915. The second kappa shape index (κ2) is 1.86. The average Bonchev–Trinajstić information content (AvgIpc) is 2.14. The van der Waals surface area contributed by atoms with Crippen LogP contribution in [0.15, 0.2) is 0 Å². The van der Waals surface area contributed by atoms with Crippen molar-refractivity contribution in [2.24, 2.45) is 0 Å². The van der Waals surface area contributed by atoms with Gasteiger partial charge in [-0.2, -0.15) is 4.79 Å². The fourth-order valence-corrected chi connectivity index (χ4v) is 0.489. The van der Waals surface area contributed by atoms with Gasteiger partial charge in [0, 0.05) is 0 Å². The van der Waals surface area contributed by atoms with Crippen LogP contribution in [0.2, 0.25) is 0 Å². The summed E-state index contributed by atoms with van der Waals surface area (Å²) < 4.78 is 4.62. The molecule has 0 saturated carbocycles. The molecule has 0 atom stereocenters. The third kappa shape index (κ3) is 0.665. The van der Waals surface area contributed by atoms with Crippen molar-refractivity contribution in [2.75, 3.05) is 13.2 Å². The summed E-state index contributed by atoms with van der Waals surface area (Å²) in [5.74, 6) is -0.229. The number of ether oxygens (including phenoxy) is 1. The zero-order chi connectivity index (χ0) is 5.98. The van der Waals surface area contributed by atoms with Crippen molar-refractivity contribution in [2.45, 2.75) is 0 Å². The van der Waals surface area contributed by atoms with Gasteiger partial charge in [-0.1, -0.05) is 0 Å². The van der Waals surface area contributed by atoms with E-state index in [9.17, 15) is 4.79 Å². The van der Waals surface area contributed by atoms with Crippen LogP contribution in [0, 0.1) is 0 Å². The minimum atomic E-state index is -0.229. The van der Waals surface area contributed by atoms with Crippen LogP contribution in [0.25, 0.3) is 5.53 Å². The van der Waals surface area contributed by atoms with E-state index in [1.807, 2.05) is 0 Å². The maximum absolute atomic E-state index is 10.4. The molecule has 0 amide bonds. The first kappa shape index (κ1) is 5.15. The molecule has 0 spiro atoms. The second-order valence-electron chi connectivity index (χ2n) is 1.46. The van der Waals surface area contributed by atoms with E-state index < -0.39 is 0 Å². The molecule has 0 aromatic carbocycles. The van der Waals surface area contributed by atoms with E-state index in [2.05, 4.69) is 9.53 Å². The lowest BCUT2D eigenvalue weighted by molar-refractivity contribution is -0.117. The highest BCUT2D eigenvalue weighted by Gasteiger charge is 2.26. The summed E-state index contributed by atoms with van der Waals surface area (Å²) >= 11 is 0. The third-order valence-electron chi connectivity index (χ3n) is 0.915. The molecule has 0 aliphatic carbocycles. The lowest BCUT2D eigenvalue weighted by Gasteiger charge is -1.72. The van der Waals surface area contributed by atoms with E-state index in [4.69, 9.17) is 5.53 Å². The average molecular weight is 112 g/mol. The van der Waals surface area contributed by atoms with Crippen LogP contribution >= 0.6 is 0 Å². The summed E-state index contributed by atoms with van der Waals surface area (Å²) in [6.07, 6.45) is 0. The van der Waals surface area contributed by atoms with E-state index >= 15 is 0 Å². The number of ketones is 1. The van der Waals surface area contributed by atoms with E-state index in [0.717, 1.165) is 0 Å². The molecule has 1 aliphatic rings. The number of hydrogen-bond acceptors (Lipinski definition) is 2. The first-order valence-electron chi connectivity index (χ1n) is 2.16. The van der Waals surface area contributed by atoms with Crippen molar-refractivity contribution in [1.82, 2.24) is 0 Å². The van der Waals surface area contributed by atoms with Gasteiger partial charge in [0.2, 0.25) is 0 Å². The summed E-state index contributed by atoms with van der Waals surface area (Å²) in [6, 6.07) is 0. The Morgan fingerprint density at radius 2 is 2.38 bits per heavy atom. The Hall–Kier alpha value is -0.990. The van der Waals surface area contributed by atoms with Crippen LogP contribution in [0.1, 0.15) is 0 Å². The Labute approximate surface area is 45.7 Å². The summed E-state index contributed by atoms with van der Waals surface area (Å²) in [6.45, 7) is 0.203. The largest absolute Gasteiger partial charge is 0.362 e. The topological polar surface area (TPSA) is 62.7 Å². The molecule has 1 rings (SSSR count). The molecule has 0 aromatic heterocycles. The Kier molecular flexibility index (Phi) is 1.20. The summed E-state index contributed by atoms with van der Waals surface area (Å²) in [7, 11) is 0. The van der Waals surface area contributed by atoms with Gasteiger partial charge in [-0.3, -0.25) is 4.79 Å². The number of hydrogen-bond donors (Lipinski definition) is 0. The molecule has 0 radical (unpaired) electrons. The Morgan fingerprint density at radius 1 is 1.62 bits per heavy atom. The summed E-state index contributed by atoms with van der Waals surface area (Å²) in [4.78, 5) is 13.1. The maximum atomic E-state index is 10.4. The minimum absolute atomic E-state index is 0.0550. The lowest BCUT2D eigenvalue weighted by Crippen LogP contribution is -2.10. The number of carbonyl (C=O) groups is 1. The van der Waals surface area contributed by atoms with Gasteiger partial charge in [0.15, 0.2) is 6.61 Å². The van der Waals surface area contributed by atoms with Crippen LogP contribution in [-0.4, -0.2) is 29.5 Å². The van der Waals surface area contributed by atoms with Gasteiger partial charge < -0.3 is 10.3 Å². The van der Waals surface area contributed by atoms with Crippen LogP contribution < -0.4 is 0 Å². The van der Waals surface area contributed by atoms with Crippen LogP contribution in [0.4, 0.5) is 0 Å². The van der Waals surface area contributed by atoms with E-state index in [1.54, 1.807) is 0 Å². The molecule has 0 bridgehead atoms. The Morgan fingerprint density at radius 3 is 2.62 bits per heavy atom. The lowest BCUT2D eigenvalue weighted by atomic mass is 10.3. The highest BCUT2D eigenvalue weighted by Crippen LogP contribution is 1.90. The number of Topliss-reactive ketones (excluding diaryl/α,β-unsaturated/α-hetero) is 1. The van der Waals surface area contributed by atoms with Crippen LogP contribution in [0.3, 0.4) is 0 Å². The number of nitrogens with zero attached hydrogens (tertiary/aromatic N) is 2. The quantitative estimate of drug-likeness (QED) is 0.306. The van der Waals surface area contributed by atoms with Crippen LogP contribution in [0.5, 0.6) is 0 Å². The molecule has 1 fully saturated rings. The predicted octanol–water partition coefficient (Wildman–Crippen LogP) is -0.744. The van der Waals surface area contributed by atoms with Gasteiger partial charge in [0.25, 0.3) is 5.78 Å². The number of carbonyl (C=O) groups excluding carboxylic acids is 1. The van der Waals surface area contributed by atoms with Gasteiger partial charge in [-0.25, -0.2) is 0 Å². The first-order valence-corrected chi connectivity index (χ1v) is 2.16. The Bertz CT molecular complexity index is 169. The number of rotatable bonds is 0. The van der Waals surface area contributed by atoms with Crippen molar-refractivity contribution in [3.05, 3.63) is 5.53 Å². The van der Waals surface area contributed by atoms with E-state index in [0.29, 0.717) is 0 Å². The zero-order valence-electron chi connectivity index (χ0n) is 4.13. The van der Waals surface area contributed by atoms with Crippen molar-refractivity contribution in [3.8, 4) is 0 Å². The van der Waals surface area contributed by atoms with Gasteiger partial charge in [-0.05, 0) is 0 Å². The highest BCUT2D eigenvalue weighted by atomic mass is 16.5. The fourth-order valence-electron chi connectivity index (χ4n) is 0.489. The molecule has 4 heteroatoms. The molecule has 1 heterocycles. The van der Waals surface area contributed by atoms with Crippen LogP contribution in [-0.2, 0) is 9.53 Å². The normalized spacial score (nSPS) is 19.0. The molecule has 1 aliphatic heterocycles. The van der Waals surface area contributed by atoms with Crippen molar-refractivity contribution >= 4 is 11.5 Å². The molecule has 0 aromatic rings. The van der Waals surface area contributed by atoms with Crippen molar-refractivity contribution in [1.29, 1.82) is 0 Å². The van der Waals surface area contributed by atoms with Gasteiger partial charge in [0.05, 0.1) is 0 Å². The molecular formula is C4H4N2O2. The fraction of sp³-hybridized carbons (Fsp3) is 0.500. The van der Waals surface area contributed by atoms with Gasteiger partial charge >= 0.3 is 5.71 Å². The minimum Gasteiger partial charge on any atom is -0.361 e. The monoisotopic (exact) mass is 112 g/mol. The molecule has 8 heavy (non-hydrogen) atoms. The van der Waals surface area contributed by atoms with Crippen molar-refractivity contribution in [3.63, 3.8) is 0 Å². The summed E-state index contributed by atoms with van der Waals surface area (Å²) in [5, 5.41) is 0. The molecule has 0 unspecified atom stereocenters. The Balaban J connectivity index is 2.84. The van der Waals surface area contributed by atoms with Gasteiger partial charge in [-0.15, -0.1) is 0 Å². The van der Waals surface area contributed by atoms with Crippen molar-refractivity contribution < 1.29 is 14.3 Å². The summed E-state index contributed by atoms with van der Waals surface area (Å²) in [5.41, 5.74) is 8.14. The SMILES string of the molecule is [N-]=[N+]=C1COCC1=O. The molecule has 42 valence electrons. The highest BCUT2D eigenvalue weighted by molar-refractivity contribution is 6.40. The smallest absolute Gasteiger partial charge is 0.361 e. The molecule has 4 nitrogen and oxygen atoms in total. The van der Waals surface area contributed by atoms with E-state index in [1.165, 1.54) is 0 Å². The first-order chi connectivity index (χ1) is 3.84. The molecule has 1 saturated heterocycles. The maximum Gasteiger partial charge on any atom is 0.362 e. The molecular weight excluding hydrogens is 108 g/mol. The van der Waals surface area contributed by atoms with Gasteiger partial charge in [0.1, 0.15) is 6.61 Å².